The Bertz CT molecular complexity index is 792. The summed E-state index contributed by atoms with van der Waals surface area (Å²) in [5.41, 5.74) is 2.86. The molecular weight excluding hydrogens is 380 g/mol. The maximum atomic E-state index is 12.6. The van der Waals surface area contributed by atoms with E-state index < -0.39 is 0 Å². The lowest BCUT2D eigenvalue weighted by Crippen LogP contribution is -2.30. The van der Waals surface area contributed by atoms with Crippen LogP contribution in [-0.4, -0.2) is 23.3 Å². The van der Waals surface area contributed by atoms with E-state index in [2.05, 4.69) is 21.2 Å². The van der Waals surface area contributed by atoms with Gasteiger partial charge in [0.25, 0.3) is 0 Å². The molecule has 2 aromatic rings. The van der Waals surface area contributed by atoms with Crippen LogP contribution < -0.4 is 5.32 Å². The molecule has 3 rings (SSSR count). The summed E-state index contributed by atoms with van der Waals surface area (Å²) in [5.74, 6) is -0.382. The second-order valence-corrected chi connectivity index (χ2v) is 7.40. The first kappa shape index (κ1) is 17.7. The van der Waals surface area contributed by atoms with Gasteiger partial charge in [0.15, 0.2) is 0 Å². The van der Waals surface area contributed by atoms with E-state index in [1.54, 1.807) is 4.90 Å². The minimum absolute atomic E-state index is 0.0269. The summed E-state index contributed by atoms with van der Waals surface area (Å²) < 4.78 is 0.974. The molecule has 1 aliphatic rings. The average molecular weight is 401 g/mol. The molecule has 1 aliphatic heterocycles. The molecule has 4 nitrogen and oxygen atoms in total. The molecule has 2 amide bonds. The zero-order valence-corrected chi connectivity index (χ0v) is 15.9. The third-order valence-electron chi connectivity index (χ3n) is 4.73. The predicted octanol–water partition coefficient (Wildman–Crippen LogP) is 4.31. The fourth-order valence-corrected chi connectivity index (χ4v) is 3.67. The normalized spacial score (nSPS) is 18.3. The number of carbonyl (C=O) groups is 2. The minimum atomic E-state index is -0.318. The molecule has 1 N–H and O–H groups in total. The van der Waals surface area contributed by atoms with Crippen molar-refractivity contribution in [2.75, 3.05) is 11.9 Å². The summed E-state index contributed by atoms with van der Waals surface area (Å²) in [4.78, 5) is 26.8. The molecule has 1 saturated heterocycles. The molecule has 25 heavy (non-hydrogen) atoms. The summed E-state index contributed by atoms with van der Waals surface area (Å²) in [5, 5.41) is 2.96. The van der Waals surface area contributed by atoms with Gasteiger partial charge in [-0.05, 0) is 43.2 Å². The Hall–Kier alpha value is -2.14. The van der Waals surface area contributed by atoms with Crippen LogP contribution in [0.1, 0.15) is 30.5 Å². The molecule has 1 fully saturated rings. The highest BCUT2D eigenvalue weighted by atomic mass is 79.9. The zero-order chi connectivity index (χ0) is 18.0. The Kier molecular flexibility index (Phi) is 5.23. The highest BCUT2D eigenvalue weighted by Crippen LogP contribution is 2.29. The highest BCUT2D eigenvalue weighted by molar-refractivity contribution is 9.10. The molecule has 1 heterocycles. The van der Waals surface area contributed by atoms with Crippen LogP contribution in [0.25, 0.3) is 0 Å². The number of amides is 2. The Morgan fingerprint density at radius 3 is 2.64 bits per heavy atom. The van der Waals surface area contributed by atoms with E-state index in [1.807, 2.05) is 62.4 Å². The Morgan fingerprint density at radius 2 is 1.96 bits per heavy atom. The maximum absolute atomic E-state index is 12.6. The molecule has 0 saturated carbocycles. The number of hydrogen-bond acceptors (Lipinski definition) is 2. The van der Waals surface area contributed by atoms with Crippen molar-refractivity contribution in [1.29, 1.82) is 0 Å². The summed E-state index contributed by atoms with van der Waals surface area (Å²) in [6, 6.07) is 15.6. The maximum Gasteiger partial charge on any atom is 0.229 e. The number of halogens is 1. The number of rotatable bonds is 4. The number of carbonyl (C=O) groups excluding carboxylic acids is 2. The van der Waals surface area contributed by atoms with Crippen molar-refractivity contribution < 1.29 is 9.59 Å². The van der Waals surface area contributed by atoms with Gasteiger partial charge in [-0.3, -0.25) is 9.59 Å². The van der Waals surface area contributed by atoms with Crippen molar-refractivity contribution in [1.82, 2.24) is 4.90 Å². The lowest BCUT2D eigenvalue weighted by atomic mass is 10.1. The number of aryl methyl sites for hydroxylation is 1. The van der Waals surface area contributed by atoms with Crippen LogP contribution in [0.2, 0.25) is 0 Å². The predicted molar refractivity (Wildman–Crippen MR) is 102 cm³/mol. The van der Waals surface area contributed by atoms with E-state index in [4.69, 9.17) is 0 Å². The van der Waals surface area contributed by atoms with E-state index in [0.717, 1.165) is 21.3 Å². The van der Waals surface area contributed by atoms with Crippen molar-refractivity contribution in [2.45, 2.75) is 26.3 Å². The number of likely N-dealkylation sites (tertiary alicyclic amines) is 1. The summed E-state index contributed by atoms with van der Waals surface area (Å²) in [6.45, 7) is 4.41. The van der Waals surface area contributed by atoms with Crippen molar-refractivity contribution in [2.24, 2.45) is 5.92 Å². The van der Waals surface area contributed by atoms with Crippen LogP contribution in [-0.2, 0) is 9.59 Å². The van der Waals surface area contributed by atoms with Gasteiger partial charge in [-0.1, -0.05) is 46.3 Å². The third kappa shape index (κ3) is 3.93. The lowest BCUT2D eigenvalue weighted by molar-refractivity contribution is -0.129. The van der Waals surface area contributed by atoms with Crippen LogP contribution in [0.15, 0.2) is 53.0 Å². The molecule has 0 unspecified atom stereocenters. The average Bonchev–Trinajstić information content (AvgIpc) is 2.99. The summed E-state index contributed by atoms with van der Waals surface area (Å²) in [6.07, 6.45) is 0.262. The number of nitrogens with one attached hydrogen (secondary N) is 1. The fraction of sp³-hybridized carbons (Fsp3) is 0.300. The van der Waals surface area contributed by atoms with Gasteiger partial charge in [-0.25, -0.2) is 0 Å². The molecule has 0 radical (unpaired) electrons. The SMILES string of the molecule is Cc1cc(Br)ccc1NC(=O)[C@@H]1CC(=O)N([C@H](C)c2ccccc2)C1. The second-order valence-electron chi connectivity index (χ2n) is 6.48. The number of nitrogens with zero attached hydrogens (tertiary/aromatic N) is 1. The molecule has 2 aromatic carbocycles. The van der Waals surface area contributed by atoms with Crippen LogP contribution in [0.4, 0.5) is 5.69 Å². The van der Waals surface area contributed by atoms with Crippen molar-refractivity contribution in [3.8, 4) is 0 Å². The number of anilines is 1. The number of benzene rings is 2. The van der Waals surface area contributed by atoms with Crippen LogP contribution in [0.3, 0.4) is 0 Å². The minimum Gasteiger partial charge on any atom is -0.335 e. The van der Waals surface area contributed by atoms with Gasteiger partial charge in [0.2, 0.25) is 11.8 Å². The molecule has 0 bridgehead atoms. The second kappa shape index (κ2) is 7.40. The quantitative estimate of drug-likeness (QED) is 0.830. The molecule has 130 valence electrons. The Morgan fingerprint density at radius 1 is 1.24 bits per heavy atom. The fourth-order valence-electron chi connectivity index (χ4n) is 3.20. The van der Waals surface area contributed by atoms with E-state index in [0.29, 0.717) is 6.54 Å². The topological polar surface area (TPSA) is 49.4 Å². The van der Waals surface area contributed by atoms with E-state index in [9.17, 15) is 9.59 Å². The largest absolute Gasteiger partial charge is 0.335 e. The van der Waals surface area contributed by atoms with Crippen LogP contribution >= 0.6 is 15.9 Å². The van der Waals surface area contributed by atoms with Gasteiger partial charge >= 0.3 is 0 Å². The zero-order valence-electron chi connectivity index (χ0n) is 14.3. The molecule has 2 atom stereocenters. The van der Waals surface area contributed by atoms with E-state index >= 15 is 0 Å². The van der Waals surface area contributed by atoms with E-state index in [1.165, 1.54) is 0 Å². The van der Waals surface area contributed by atoms with Crippen LogP contribution in [0, 0.1) is 12.8 Å². The Labute approximate surface area is 156 Å². The van der Waals surface area contributed by atoms with Crippen LogP contribution in [0.5, 0.6) is 0 Å². The van der Waals surface area contributed by atoms with Gasteiger partial charge in [0, 0.05) is 23.1 Å². The number of hydrogen-bond donors (Lipinski definition) is 1. The molecule has 0 aromatic heterocycles. The standard InChI is InChI=1S/C20H21BrN2O2/c1-13-10-17(21)8-9-18(13)22-20(25)16-11-19(24)23(12-16)14(2)15-6-4-3-5-7-15/h3-10,14,16H,11-12H2,1-2H3,(H,22,25)/t14-,16-/m1/s1. The molecule has 0 aliphatic carbocycles. The summed E-state index contributed by atoms with van der Waals surface area (Å²) in [7, 11) is 0. The molecule has 0 spiro atoms. The van der Waals surface area contributed by atoms with Gasteiger partial charge in [0.05, 0.1) is 12.0 Å². The summed E-state index contributed by atoms with van der Waals surface area (Å²) >= 11 is 3.42. The monoisotopic (exact) mass is 400 g/mol. The Balaban J connectivity index is 1.68. The smallest absolute Gasteiger partial charge is 0.229 e. The first-order valence-corrected chi connectivity index (χ1v) is 9.16. The van der Waals surface area contributed by atoms with Crippen molar-refractivity contribution >= 4 is 33.4 Å². The first-order valence-electron chi connectivity index (χ1n) is 8.37. The van der Waals surface area contributed by atoms with E-state index in [-0.39, 0.29) is 30.2 Å². The van der Waals surface area contributed by atoms with Gasteiger partial charge < -0.3 is 10.2 Å². The van der Waals surface area contributed by atoms with Crippen molar-refractivity contribution in [3.63, 3.8) is 0 Å². The van der Waals surface area contributed by atoms with Gasteiger partial charge in [-0.15, -0.1) is 0 Å². The molecule has 5 heteroatoms. The highest BCUT2D eigenvalue weighted by Gasteiger charge is 2.37. The van der Waals surface area contributed by atoms with Crippen molar-refractivity contribution in [3.05, 3.63) is 64.1 Å². The van der Waals surface area contributed by atoms with Gasteiger partial charge in [0.1, 0.15) is 0 Å². The first-order chi connectivity index (χ1) is 12.0. The van der Waals surface area contributed by atoms with Gasteiger partial charge in [-0.2, -0.15) is 0 Å². The molecular formula is C20H21BrN2O2. The lowest BCUT2D eigenvalue weighted by Gasteiger charge is -2.25. The third-order valence-corrected chi connectivity index (χ3v) is 5.22.